The number of fused-ring (bicyclic) bond motifs is 1. The molecule has 1 atom stereocenters. The lowest BCUT2D eigenvalue weighted by Crippen LogP contribution is -2.50. The molecule has 0 spiro atoms. The van der Waals surface area contributed by atoms with Crippen molar-refractivity contribution in [1.29, 1.82) is 0 Å². The first-order valence-corrected chi connectivity index (χ1v) is 13.6. The van der Waals surface area contributed by atoms with Crippen molar-refractivity contribution in [3.8, 4) is 5.75 Å². The number of rotatable bonds is 7. The first-order chi connectivity index (χ1) is 16.1. The van der Waals surface area contributed by atoms with E-state index in [0.29, 0.717) is 5.69 Å². The van der Waals surface area contributed by atoms with Crippen LogP contribution in [0.1, 0.15) is 5.56 Å². The van der Waals surface area contributed by atoms with Gasteiger partial charge < -0.3 is 10.1 Å². The molecule has 0 unspecified atom stereocenters. The summed E-state index contributed by atoms with van der Waals surface area (Å²) >= 11 is 0. The molecule has 11 heteroatoms. The zero-order valence-corrected chi connectivity index (χ0v) is 19.8. The molecule has 4 rings (SSSR count). The molecule has 178 valence electrons. The van der Waals surface area contributed by atoms with Gasteiger partial charge in [0.1, 0.15) is 5.75 Å². The Hall–Kier alpha value is -3.57. The van der Waals surface area contributed by atoms with Gasteiger partial charge in [-0.05, 0) is 42.0 Å². The van der Waals surface area contributed by atoms with Gasteiger partial charge in [0.2, 0.25) is 10.0 Å². The normalized spacial score (nSPS) is 15.7. The second kappa shape index (κ2) is 9.35. The van der Waals surface area contributed by atoms with Crippen LogP contribution in [0, 0.1) is 0 Å². The molecule has 2 N–H and O–H groups in total. The van der Waals surface area contributed by atoms with E-state index in [2.05, 4.69) is 10.0 Å². The summed E-state index contributed by atoms with van der Waals surface area (Å²) in [6, 6.07) is 21.3. The van der Waals surface area contributed by atoms with E-state index in [1.54, 1.807) is 24.3 Å². The van der Waals surface area contributed by atoms with Gasteiger partial charge in [0, 0.05) is 12.2 Å². The van der Waals surface area contributed by atoms with Crippen LogP contribution in [0.15, 0.2) is 83.8 Å². The average molecular weight is 502 g/mol. The van der Waals surface area contributed by atoms with Crippen molar-refractivity contribution in [2.24, 2.45) is 0 Å². The monoisotopic (exact) mass is 501 g/mol. The number of nitrogens with zero attached hydrogens (tertiary/aromatic N) is 1. The zero-order chi connectivity index (χ0) is 24.3. The number of amides is 1. The second-order valence-electron chi connectivity index (χ2n) is 7.71. The maximum absolute atomic E-state index is 13.5. The van der Waals surface area contributed by atoms with Gasteiger partial charge in [0.25, 0.3) is 15.9 Å². The highest BCUT2D eigenvalue weighted by Crippen LogP contribution is 2.37. The Morgan fingerprint density at radius 2 is 1.59 bits per heavy atom. The topological polar surface area (TPSA) is 122 Å². The third kappa shape index (κ3) is 5.32. The fourth-order valence-corrected chi connectivity index (χ4v) is 5.54. The lowest BCUT2D eigenvalue weighted by molar-refractivity contribution is -0.127. The van der Waals surface area contributed by atoms with Crippen LogP contribution in [0.4, 0.5) is 11.4 Å². The van der Waals surface area contributed by atoms with Crippen LogP contribution in [-0.2, 0) is 31.4 Å². The van der Waals surface area contributed by atoms with Crippen molar-refractivity contribution < 1.29 is 26.4 Å². The quantitative estimate of drug-likeness (QED) is 0.513. The molecular weight excluding hydrogens is 478 g/mol. The third-order valence-corrected chi connectivity index (χ3v) is 7.48. The van der Waals surface area contributed by atoms with E-state index >= 15 is 0 Å². The van der Waals surface area contributed by atoms with E-state index < -0.39 is 32.1 Å². The molecule has 3 aromatic carbocycles. The molecule has 0 bridgehead atoms. The van der Waals surface area contributed by atoms with Gasteiger partial charge in [-0.2, -0.15) is 0 Å². The number of carbonyl (C=O) groups excluding carboxylic acids is 1. The molecule has 0 radical (unpaired) electrons. The van der Waals surface area contributed by atoms with E-state index in [9.17, 15) is 21.6 Å². The number of ether oxygens (including phenoxy) is 1. The minimum Gasteiger partial charge on any atom is -0.476 e. The number of anilines is 2. The fourth-order valence-electron chi connectivity index (χ4n) is 3.50. The largest absolute Gasteiger partial charge is 0.476 e. The van der Waals surface area contributed by atoms with Gasteiger partial charge in [0.15, 0.2) is 6.10 Å². The predicted molar refractivity (Wildman–Crippen MR) is 129 cm³/mol. The summed E-state index contributed by atoms with van der Waals surface area (Å²) in [5.41, 5.74) is 1.45. The summed E-state index contributed by atoms with van der Waals surface area (Å²) in [6.07, 6.45) is -0.0507. The van der Waals surface area contributed by atoms with E-state index in [1.807, 2.05) is 30.3 Å². The molecule has 1 heterocycles. The molecule has 0 saturated heterocycles. The van der Waals surface area contributed by atoms with E-state index in [4.69, 9.17) is 4.74 Å². The minimum absolute atomic E-state index is 0.0494. The maximum atomic E-state index is 13.5. The Bertz CT molecular complexity index is 1390. The van der Waals surface area contributed by atoms with Crippen LogP contribution in [-0.4, -0.2) is 41.6 Å². The molecule has 34 heavy (non-hydrogen) atoms. The second-order valence-corrected chi connectivity index (χ2v) is 11.3. The van der Waals surface area contributed by atoms with Crippen molar-refractivity contribution in [3.63, 3.8) is 0 Å². The lowest BCUT2D eigenvalue weighted by atomic mass is 10.2. The number of hydrogen-bond acceptors (Lipinski definition) is 6. The molecule has 0 aliphatic carbocycles. The summed E-state index contributed by atoms with van der Waals surface area (Å²) in [6.45, 7) is 0.0615. The summed E-state index contributed by atoms with van der Waals surface area (Å²) < 4.78 is 59.1. The van der Waals surface area contributed by atoms with Crippen molar-refractivity contribution in [3.05, 3.63) is 84.4 Å². The molecule has 0 fully saturated rings. The van der Waals surface area contributed by atoms with Crippen molar-refractivity contribution >= 4 is 37.3 Å². The van der Waals surface area contributed by atoms with Gasteiger partial charge in [-0.3, -0.25) is 13.8 Å². The Balaban J connectivity index is 1.59. The minimum atomic E-state index is -4.07. The lowest BCUT2D eigenvalue weighted by Gasteiger charge is -2.34. The summed E-state index contributed by atoms with van der Waals surface area (Å²) in [4.78, 5) is 12.8. The summed E-state index contributed by atoms with van der Waals surface area (Å²) in [7, 11) is -7.57. The number of hydrogen-bond donors (Lipinski definition) is 2. The number of nitrogens with one attached hydrogen (secondary N) is 2. The smallest absolute Gasteiger partial charge is 0.264 e. The Morgan fingerprint density at radius 1 is 0.941 bits per heavy atom. The zero-order valence-electron chi connectivity index (χ0n) is 18.2. The Morgan fingerprint density at radius 3 is 2.26 bits per heavy atom. The van der Waals surface area contributed by atoms with Crippen LogP contribution < -0.4 is 19.1 Å². The average Bonchev–Trinajstić information content (AvgIpc) is 2.81. The van der Waals surface area contributed by atoms with Gasteiger partial charge in [-0.25, -0.2) is 16.8 Å². The molecular formula is C23H23N3O6S2. The molecule has 3 aromatic rings. The molecule has 0 saturated carbocycles. The van der Waals surface area contributed by atoms with Crippen LogP contribution in [0.2, 0.25) is 0 Å². The molecule has 9 nitrogen and oxygen atoms in total. The number of sulfonamides is 2. The van der Waals surface area contributed by atoms with Crippen LogP contribution in [0.25, 0.3) is 0 Å². The maximum Gasteiger partial charge on any atom is 0.264 e. The fraction of sp³-hybridized carbons (Fsp3) is 0.174. The SMILES string of the molecule is CS(=O)(=O)Nc1ccc(S(=O)(=O)N2C[C@H](C(=O)NCc3ccccc3)Oc3ccccc32)cc1. The van der Waals surface area contributed by atoms with Crippen LogP contribution in [0.5, 0.6) is 5.75 Å². The van der Waals surface area contributed by atoms with E-state index in [-0.39, 0.29) is 29.4 Å². The Kier molecular flexibility index (Phi) is 6.49. The highest BCUT2D eigenvalue weighted by Gasteiger charge is 2.37. The predicted octanol–water partition coefficient (Wildman–Crippen LogP) is 2.33. The van der Waals surface area contributed by atoms with E-state index in [0.717, 1.165) is 16.1 Å². The first-order valence-electron chi connectivity index (χ1n) is 10.3. The highest BCUT2D eigenvalue weighted by molar-refractivity contribution is 7.93. The van der Waals surface area contributed by atoms with Crippen molar-refractivity contribution in [1.82, 2.24) is 5.32 Å². The Labute approximate surface area is 198 Å². The van der Waals surface area contributed by atoms with E-state index in [1.165, 1.54) is 24.3 Å². The highest BCUT2D eigenvalue weighted by atomic mass is 32.2. The molecule has 0 aromatic heterocycles. The van der Waals surface area contributed by atoms with Crippen LogP contribution in [0.3, 0.4) is 0 Å². The van der Waals surface area contributed by atoms with Gasteiger partial charge in [-0.15, -0.1) is 0 Å². The molecule has 1 aliphatic rings. The van der Waals surface area contributed by atoms with Crippen LogP contribution >= 0.6 is 0 Å². The summed E-state index contributed by atoms with van der Waals surface area (Å²) in [5, 5.41) is 2.79. The number of benzene rings is 3. The third-order valence-electron chi connectivity index (χ3n) is 5.08. The van der Waals surface area contributed by atoms with Crippen molar-refractivity contribution in [2.75, 3.05) is 21.8 Å². The van der Waals surface area contributed by atoms with Gasteiger partial charge in [-0.1, -0.05) is 42.5 Å². The van der Waals surface area contributed by atoms with Crippen molar-refractivity contribution in [2.45, 2.75) is 17.5 Å². The number of carbonyl (C=O) groups is 1. The summed E-state index contributed by atoms with van der Waals surface area (Å²) in [5.74, 6) is -0.168. The van der Waals surface area contributed by atoms with Gasteiger partial charge >= 0.3 is 0 Å². The first kappa shape index (κ1) is 23.6. The van der Waals surface area contributed by atoms with Gasteiger partial charge in [0.05, 0.1) is 23.4 Å². The standard InChI is InChI=1S/C23H23N3O6S2/c1-33(28,29)25-18-11-13-19(14-12-18)34(30,31)26-16-22(32-21-10-6-5-9-20(21)26)23(27)24-15-17-7-3-2-4-8-17/h2-14,22,25H,15-16H2,1H3,(H,24,27)/t22-/m1/s1. The molecule has 1 amide bonds. The molecule has 1 aliphatic heterocycles. The number of para-hydroxylation sites is 2.